The van der Waals surface area contributed by atoms with E-state index in [0.717, 1.165) is 31.3 Å². The third-order valence-electron chi connectivity index (χ3n) is 4.91. The summed E-state index contributed by atoms with van der Waals surface area (Å²) in [5.74, 6) is 1.77. The van der Waals surface area contributed by atoms with Crippen molar-refractivity contribution < 1.29 is 0 Å². The third-order valence-corrected chi connectivity index (χ3v) is 4.91. The Bertz CT molecular complexity index is 499. The van der Waals surface area contributed by atoms with Crippen LogP contribution in [0.1, 0.15) is 32.1 Å². The van der Waals surface area contributed by atoms with Crippen LogP contribution >= 0.6 is 24.0 Å². The summed E-state index contributed by atoms with van der Waals surface area (Å²) in [6.45, 7) is 5.62. The van der Waals surface area contributed by atoms with Crippen LogP contribution in [0.5, 0.6) is 0 Å². The molecule has 2 aliphatic heterocycles. The van der Waals surface area contributed by atoms with Crippen LogP contribution in [0.25, 0.3) is 0 Å². The Balaban J connectivity index is 0.00000208. The molecule has 1 aromatic rings. The van der Waals surface area contributed by atoms with Gasteiger partial charge in [0, 0.05) is 31.9 Å². The van der Waals surface area contributed by atoms with Gasteiger partial charge in [0.05, 0.1) is 0 Å². The van der Waals surface area contributed by atoms with E-state index in [9.17, 15) is 0 Å². The summed E-state index contributed by atoms with van der Waals surface area (Å²) in [5, 5.41) is 3.56. The molecule has 0 saturated carbocycles. The summed E-state index contributed by atoms with van der Waals surface area (Å²) in [7, 11) is 2.23. The fourth-order valence-corrected chi connectivity index (χ4v) is 3.61. The number of benzene rings is 1. The highest BCUT2D eigenvalue weighted by atomic mass is 127. The van der Waals surface area contributed by atoms with Gasteiger partial charge in [-0.15, -0.1) is 24.0 Å². The molecule has 2 saturated heterocycles. The summed E-state index contributed by atoms with van der Waals surface area (Å²) < 4.78 is 0. The summed E-state index contributed by atoms with van der Waals surface area (Å²) in [6.07, 6.45) is 6.53. The van der Waals surface area contributed by atoms with Gasteiger partial charge in [0.1, 0.15) is 0 Å². The molecule has 5 heteroatoms. The normalized spacial score (nSPS) is 22.8. The van der Waals surface area contributed by atoms with Crippen LogP contribution < -0.4 is 5.32 Å². The van der Waals surface area contributed by atoms with Crippen LogP contribution in [0.3, 0.4) is 0 Å². The van der Waals surface area contributed by atoms with Crippen molar-refractivity contribution in [1.82, 2.24) is 9.80 Å². The average Bonchev–Trinajstić information content (AvgIpc) is 2.60. The van der Waals surface area contributed by atoms with Crippen molar-refractivity contribution in [2.24, 2.45) is 10.9 Å². The number of piperidine rings is 2. The van der Waals surface area contributed by atoms with Crippen molar-refractivity contribution in [3.8, 4) is 0 Å². The lowest BCUT2D eigenvalue weighted by molar-refractivity contribution is 0.214. The highest BCUT2D eigenvalue weighted by molar-refractivity contribution is 14.0. The number of anilines is 1. The standard InChI is InChI=1S/C19H30N4.HI/c1-22-12-8-9-17(16-22)15-20-19(23-13-6-3-7-14-23)21-18-10-4-2-5-11-18;/h2,4-5,10-11,17H,3,6-9,12-16H2,1H3,(H,20,21);1H. The predicted octanol–water partition coefficient (Wildman–Crippen LogP) is 3.90. The topological polar surface area (TPSA) is 30.9 Å². The first kappa shape index (κ1) is 19.5. The molecule has 1 unspecified atom stereocenters. The molecule has 0 bridgehead atoms. The Morgan fingerprint density at radius 2 is 1.83 bits per heavy atom. The first-order valence-electron chi connectivity index (χ1n) is 9.11. The van der Waals surface area contributed by atoms with Gasteiger partial charge in [0.25, 0.3) is 0 Å². The minimum atomic E-state index is 0. The summed E-state index contributed by atoms with van der Waals surface area (Å²) in [4.78, 5) is 9.88. The van der Waals surface area contributed by atoms with Crippen LogP contribution in [0.2, 0.25) is 0 Å². The second-order valence-electron chi connectivity index (χ2n) is 6.97. The molecule has 2 aliphatic rings. The maximum Gasteiger partial charge on any atom is 0.198 e. The molecule has 134 valence electrons. The molecule has 2 fully saturated rings. The Hall–Kier alpha value is -0.820. The van der Waals surface area contributed by atoms with Gasteiger partial charge in [-0.1, -0.05) is 18.2 Å². The molecule has 1 aromatic carbocycles. The van der Waals surface area contributed by atoms with Gasteiger partial charge in [0.2, 0.25) is 0 Å². The molecular formula is C19H31IN4. The molecule has 0 amide bonds. The van der Waals surface area contributed by atoms with Gasteiger partial charge in [-0.2, -0.15) is 0 Å². The van der Waals surface area contributed by atoms with Crippen molar-refractivity contribution in [3.63, 3.8) is 0 Å². The van der Waals surface area contributed by atoms with E-state index in [4.69, 9.17) is 4.99 Å². The number of nitrogens with one attached hydrogen (secondary N) is 1. The van der Waals surface area contributed by atoms with Gasteiger partial charge in [-0.3, -0.25) is 4.99 Å². The zero-order chi connectivity index (χ0) is 15.9. The van der Waals surface area contributed by atoms with Crippen molar-refractivity contribution in [3.05, 3.63) is 30.3 Å². The van der Waals surface area contributed by atoms with Crippen molar-refractivity contribution in [1.29, 1.82) is 0 Å². The maximum atomic E-state index is 5.01. The highest BCUT2D eigenvalue weighted by Gasteiger charge is 2.19. The molecule has 1 N–H and O–H groups in total. The smallest absolute Gasteiger partial charge is 0.198 e. The Morgan fingerprint density at radius 1 is 1.08 bits per heavy atom. The number of rotatable bonds is 3. The van der Waals surface area contributed by atoms with Crippen LogP contribution in [-0.4, -0.2) is 55.5 Å². The first-order chi connectivity index (χ1) is 11.3. The number of hydrogen-bond donors (Lipinski definition) is 1. The van der Waals surface area contributed by atoms with E-state index in [1.165, 1.54) is 45.2 Å². The van der Waals surface area contributed by atoms with Gasteiger partial charge in [0.15, 0.2) is 5.96 Å². The van der Waals surface area contributed by atoms with Crippen molar-refractivity contribution in [2.45, 2.75) is 32.1 Å². The van der Waals surface area contributed by atoms with Crippen LogP contribution in [-0.2, 0) is 0 Å². The number of likely N-dealkylation sites (tertiary alicyclic amines) is 2. The number of aliphatic imine (C=N–C) groups is 1. The summed E-state index contributed by atoms with van der Waals surface area (Å²) in [6, 6.07) is 10.4. The average molecular weight is 442 g/mol. The molecule has 0 aliphatic carbocycles. The van der Waals surface area contributed by atoms with Crippen LogP contribution in [0, 0.1) is 5.92 Å². The van der Waals surface area contributed by atoms with Gasteiger partial charge in [-0.05, 0) is 63.7 Å². The quantitative estimate of drug-likeness (QED) is 0.438. The molecule has 4 nitrogen and oxygen atoms in total. The van der Waals surface area contributed by atoms with E-state index in [0.29, 0.717) is 5.92 Å². The fraction of sp³-hybridized carbons (Fsp3) is 0.632. The van der Waals surface area contributed by atoms with Gasteiger partial charge in [-0.25, -0.2) is 0 Å². The van der Waals surface area contributed by atoms with Crippen LogP contribution in [0.15, 0.2) is 35.3 Å². The first-order valence-corrected chi connectivity index (χ1v) is 9.11. The Labute approximate surface area is 163 Å². The fourth-order valence-electron chi connectivity index (χ4n) is 3.61. The monoisotopic (exact) mass is 442 g/mol. The number of hydrogen-bond acceptors (Lipinski definition) is 2. The Kier molecular flexibility index (Phi) is 8.32. The molecule has 0 spiro atoms. The minimum absolute atomic E-state index is 0. The van der Waals surface area contributed by atoms with Crippen molar-refractivity contribution in [2.75, 3.05) is 45.1 Å². The molecular weight excluding hydrogens is 411 g/mol. The molecule has 0 radical (unpaired) electrons. The van der Waals surface area contributed by atoms with E-state index in [-0.39, 0.29) is 24.0 Å². The molecule has 2 heterocycles. The minimum Gasteiger partial charge on any atom is -0.343 e. The molecule has 3 rings (SSSR count). The lowest BCUT2D eigenvalue weighted by atomic mass is 9.99. The number of halogens is 1. The van der Waals surface area contributed by atoms with E-state index in [1.807, 2.05) is 0 Å². The Morgan fingerprint density at radius 3 is 2.54 bits per heavy atom. The zero-order valence-corrected chi connectivity index (χ0v) is 17.1. The lowest BCUT2D eigenvalue weighted by Crippen LogP contribution is -2.41. The largest absolute Gasteiger partial charge is 0.343 e. The predicted molar refractivity (Wildman–Crippen MR) is 113 cm³/mol. The van der Waals surface area contributed by atoms with Gasteiger partial charge >= 0.3 is 0 Å². The lowest BCUT2D eigenvalue weighted by Gasteiger charge is -2.32. The molecule has 1 atom stereocenters. The maximum absolute atomic E-state index is 5.01. The SMILES string of the molecule is CN1CCCC(CN=C(Nc2ccccc2)N2CCCCC2)C1.I. The van der Waals surface area contributed by atoms with E-state index >= 15 is 0 Å². The summed E-state index contributed by atoms with van der Waals surface area (Å²) >= 11 is 0. The van der Waals surface area contributed by atoms with Gasteiger partial charge < -0.3 is 15.1 Å². The second kappa shape index (κ2) is 10.2. The number of nitrogens with zero attached hydrogens (tertiary/aromatic N) is 3. The van der Waals surface area contributed by atoms with E-state index < -0.39 is 0 Å². The third kappa shape index (κ3) is 5.92. The summed E-state index contributed by atoms with van der Waals surface area (Å²) in [5.41, 5.74) is 1.14. The van der Waals surface area contributed by atoms with E-state index in [2.05, 4.69) is 52.5 Å². The second-order valence-corrected chi connectivity index (χ2v) is 6.97. The molecule has 0 aromatic heterocycles. The van der Waals surface area contributed by atoms with Crippen molar-refractivity contribution >= 4 is 35.6 Å². The zero-order valence-electron chi connectivity index (χ0n) is 14.8. The molecule has 24 heavy (non-hydrogen) atoms. The number of guanidine groups is 1. The van der Waals surface area contributed by atoms with Crippen LogP contribution in [0.4, 0.5) is 5.69 Å². The number of para-hydroxylation sites is 1. The highest BCUT2D eigenvalue weighted by Crippen LogP contribution is 2.17. The van der Waals surface area contributed by atoms with E-state index in [1.54, 1.807) is 0 Å².